The lowest BCUT2D eigenvalue weighted by atomic mass is 10.1. The summed E-state index contributed by atoms with van der Waals surface area (Å²) >= 11 is 3.61. The van der Waals surface area contributed by atoms with Gasteiger partial charge in [-0.2, -0.15) is 0 Å². The highest BCUT2D eigenvalue weighted by Crippen LogP contribution is 2.32. The van der Waals surface area contributed by atoms with E-state index in [1.54, 1.807) is 0 Å². The van der Waals surface area contributed by atoms with Crippen LogP contribution in [0.4, 0.5) is 5.69 Å². The Morgan fingerprint density at radius 2 is 1.56 bits per heavy atom. The summed E-state index contributed by atoms with van der Waals surface area (Å²) in [5.41, 5.74) is 1.32. The van der Waals surface area contributed by atoms with Gasteiger partial charge in [0.2, 0.25) is 0 Å². The van der Waals surface area contributed by atoms with Crippen molar-refractivity contribution in [2.45, 2.75) is 0 Å². The summed E-state index contributed by atoms with van der Waals surface area (Å²) in [6.45, 7) is 2.04. The van der Waals surface area contributed by atoms with Crippen LogP contribution in [0, 0.1) is 0 Å². The topological polar surface area (TPSA) is 3.24 Å². The molecule has 0 amide bonds. The Labute approximate surface area is 104 Å². The van der Waals surface area contributed by atoms with Gasteiger partial charge < -0.3 is 4.90 Å². The van der Waals surface area contributed by atoms with Crippen molar-refractivity contribution in [3.8, 4) is 0 Å². The van der Waals surface area contributed by atoms with Gasteiger partial charge in [0.15, 0.2) is 0 Å². The van der Waals surface area contributed by atoms with Crippen LogP contribution in [0.25, 0.3) is 10.8 Å². The molecule has 0 bridgehead atoms. The van der Waals surface area contributed by atoms with E-state index in [2.05, 4.69) is 69.4 Å². The van der Waals surface area contributed by atoms with Crippen LogP contribution in [-0.4, -0.2) is 13.1 Å². The number of rotatable bonds is 1. The summed E-state index contributed by atoms with van der Waals surface area (Å²) in [5.74, 6) is 0. The van der Waals surface area contributed by atoms with E-state index in [0.29, 0.717) is 0 Å². The van der Waals surface area contributed by atoms with Gasteiger partial charge in [0.25, 0.3) is 0 Å². The van der Waals surface area contributed by atoms with Crippen LogP contribution in [0.1, 0.15) is 0 Å². The van der Waals surface area contributed by atoms with Gasteiger partial charge in [0.05, 0.1) is 0 Å². The number of hydrogen-bond donors (Lipinski definition) is 0. The normalized spacial score (nSPS) is 14.9. The molecule has 3 rings (SSSR count). The first-order valence-electron chi connectivity index (χ1n) is 5.43. The van der Waals surface area contributed by atoms with Gasteiger partial charge in [-0.05, 0) is 17.5 Å². The van der Waals surface area contributed by atoms with E-state index in [1.807, 2.05) is 0 Å². The highest BCUT2D eigenvalue weighted by molar-refractivity contribution is 9.10. The van der Waals surface area contributed by atoms with Crippen LogP contribution in [0.15, 0.2) is 53.0 Å². The molecule has 0 spiro atoms. The first kappa shape index (κ1) is 9.91. The zero-order valence-corrected chi connectivity index (χ0v) is 10.4. The minimum atomic E-state index is 1.02. The van der Waals surface area contributed by atoms with Crippen LogP contribution >= 0.6 is 15.9 Å². The quantitative estimate of drug-likeness (QED) is 0.711. The summed E-state index contributed by atoms with van der Waals surface area (Å²) in [6.07, 6.45) is 4.44. The smallest absolute Gasteiger partial charge is 0.0452 e. The second kappa shape index (κ2) is 3.95. The number of nitrogens with zero attached hydrogens (tertiary/aromatic N) is 1. The Kier molecular flexibility index (Phi) is 2.44. The summed E-state index contributed by atoms with van der Waals surface area (Å²) in [4.78, 5) is 2.38. The maximum atomic E-state index is 3.61. The lowest BCUT2D eigenvalue weighted by Crippen LogP contribution is -2.18. The molecule has 1 nitrogen and oxygen atoms in total. The predicted octanol–water partition coefficient (Wildman–Crippen LogP) is 3.98. The van der Waals surface area contributed by atoms with Gasteiger partial charge in [0.1, 0.15) is 0 Å². The zero-order valence-electron chi connectivity index (χ0n) is 8.86. The predicted molar refractivity (Wildman–Crippen MR) is 73.0 cm³/mol. The summed E-state index contributed by atoms with van der Waals surface area (Å²) in [7, 11) is 0. The van der Waals surface area contributed by atoms with E-state index in [9.17, 15) is 0 Å². The molecule has 0 fully saturated rings. The van der Waals surface area contributed by atoms with Crippen molar-refractivity contribution in [2.75, 3.05) is 18.0 Å². The fourth-order valence-corrected chi connectivity index (χ4v) is 2.67. The van der Waals surface area contributed by atoms with Crippen LogP contribution in [0.2, 0.25) is 0 Å². The SMILES string of the molecule is Brc1ccc(N2CC=CC2)c2ccccc12. The van der Waals surface area contributed by atoms with E-state index in [1.165, 1.54) is 20.9 Å². The van der Waals surface area contributed by atoms with Crippen molar-refractivity contribution in [3.63, 3.8) is 0 Å². The average molecular weight is 274 g/mol. The van der Waals surface area contributed by atoms with Gasteiger partial charge in [-0.1, -0.05) is 52.3 Å². The molecule has 80 valence electrons. The Morgan fingerprint density at radius 1 is 0.875 bits per heavy atom. The monoisotopic (exact) mass is 273 g/mol. The number of fused-ring (bicyclic) bond motifs is 1. The average Bonchev–Trinajstić information content (AvgIpc) is 2.83. The first-order valence-corrected chi connectivity index (χ1v) is 6.23. The minimum absolute atomic E-state index is 1.02. The van der Waals surface area contributed by atoms with Crippen molar-refractivity contribution in [1.29, 1.82) is 0 Å². The maximum absolute atomic E-state index is 3.61. The zero-order chi connectivity index (χ0) is 11.0. The van der Waals surface area contributed by atoms with E-state index >= 15 is 0 Å². The molecule has 1 aliphatic rings. The molecule has 0 unspecified atom stereocenters. The van der Waals surface area contributed by atoms with E-state index in [-0.39, 0.29) is 0 Å². The molecule has 0 N–H and O–H groups in total. The van der Waals surface area contributed by atoms with Crippen LogP contribution in [0.5, 0.6) is 0 Å². The molecule has 0 saturated heterocycles. The van der Waals surface area contributed by atoms with Crippen LogP contribution in [0.3, 0.4) is 0 Å². The molecular formula is C14H12BrN. The maximum Gasteiger partial charge on any atom is 0.0452 e. The van der Waals surface area contributed by atoms with Gasteiger partial charge in [-0.15, -0.1) is 0 Å². The standard InChI is InChI=1S/C14H12BrN/c15-13-7-8-14(16-9-3-4-10-16)12-6-2-1-5-11(12)13/h1-8H,9-10H2. The Balaban J connectivity index is 2.21. The highest BCUT2D eigenvalue weighted by Gasteiger charge is 2.11. The van der Waals surface area contributed by atoms with Crippen molar-refractivity contribution in [3.05, 3.63) is 53.0 Å². The fourth-order valence-electron chi connectivity index (χ4n) is 2.20. The molecule has 1 aliphatic heterocycles. The second-order valence-electron chi connectivity index (χ2n) is 3.99. The molecule has 0 aliphatic carbocycles. The molecule has 0 aromatic heterocycles. The molecule has 2 aromatic carbocycles. The molecule has 0 saturated carbocycles. The molecule has 16 heavy (non-hydrogen) atoms. The Hall–Kier alpha value is -1.28. The highest BCUT2D eigenvalue weighted by atomic mass is 79.9. The molecule has 0 atom stereocenters. The Morgan fingerprint density at radius 3 is 2.31 bits per heavy atom. The van der Waals surface area contributed by atoms with Crippen molar-refractivity contribution >= 4 is 32.4 Å². The van der Waals surface area contributed by atoms with Gasteiger partial charge >= 0.3 is 0 Å². The van der Waals surface area contributed by atoms with Gasteiger partial charge in [-0.25, -0.2) is 0 Å². The van der Waals surface area contributed by atoms with Crippen molar-refractivity contribution in [1.82, 2.24) is 0 Å². The summed E-state index contributed by atoms with van der Waals surface area (Å²) < 4.78 is 1.17. The number of hydrogen-bond acceptors (Lipinski definition) is 1. The van der Waals surface area contributed by atoms with Crippen LogP contribution < -0.4 is 4.90 Å². The van der Waals surface area contributed by atoms with Crippen molar-refractivity contribution < 1.29 is 0 Å². The summed E-state index contributed by atoms with van der Waals surface area (Å²) in [5, 5.41) is 2.60. The summed E-state index contributed by atoms with van der Waals surface area (Å²) in [6, 6.07) is 12.9. The first-order chi connectivity index (χ1) is 7.86. The van der Waals surface area contributed by atoms with Crippen molar-refractivity contribution in [2.24, 2.45) is 0 Å². The molecular weight excluding hydrogens is 262 g/mol. The lowest BCUT2D eigenvalue weighted by molar-refractivity contribution is 1.01. The van der Waals surface area contributed by atoms with Gasteiger partial charge in [-0.3, -0.25) is 0 Å². The Bertz CT molecular complexity index is 552. The van der Waals surface area contributed by atoms with Crippen LogP contribution in [-0.2, 0) is 0 Å². The third-order valence-electron chi connectivity index (χ3n) is 3.01. The van der Waals surface area contributed by atoms with E-state index in [4.69, 9.17) is 0 Å². The minimum Gasteiger partial charge on any atom is -0.364 e. The van der Waals surface area contributed by atoms with E-state index in [0.717, 1.165) is 13.1 Å². The fraction of sp³-hybridized carbons (Fsp3) is 0.143. The molecule has 1 heterocycles. The van der Waals surface area contributed by atoms with E-state index < -0.39 is 0 Å². The molecule has 2 aromatic rings. The molecule has 2 heteroatoms. The second-order valence-corrected chi connectivity index (χ2v) is 4.84. The van der Waals surface area contributed by atoms with Gasteiger partial charge in [0, 0.05) is 28.6 Å². The largest absolute Gasteiger partial charge is 0.364 e. The third kappa shape index (κ3) is 1.54. The number of halogens is 1. The number of anilines is 1. The molecule has 0 radical (unpaired) electrons. The third-order valence-corrected chi connectivity index (χ3v) is 3.70. The lowest BCUT2D eigenvalue weighted by Gasteiger charge is -2.20. The number of benzene rings is 2.